The molecule has 1 atom stereocenters. The fraction of sp³-hybridized carbons (Fsp3) is 0.680. The van der Waals surface area contributed by atoms with Crippen LogP contribution in [0.3, 0.4) is 0 Å². The molecule has 0 spiro atoms. The van der Waals surface area contributed by atoms with Crippen LogP contribution in [-0.4, -0.2) is 91.6 Å². The first-order valence-electron chi connectivity index (χ1n) is 12.4. The number of hydrogen-bond acceptors (Lipinski definition) is 4. The molecule has 0 bridgehead atoms. The molecule has 2 saturated heterocycles. The Bertz CT molecular complexity index is 704. The molecular formula is C25H42IN5O2. The first kappa shape index (κ1) is 27.9. The number of benzene rings is 1. The van der Waals surface area contributed by atoms with Crippen molar-refractivity contribution in [1.82, 2.24) is 20.0 Å². The maximum absolute atomic E-state index is 12.7. The summed E-state index contributed by atoms with van der Waals surface area (Å²) < 4.78 is 5.77. The molecule has 1 aromatic carbocycles. The Morgan fingerprint density at radius 3 is 2.39 bits per heavy atom. The van der Waals surface area contributed by atoms with Gasteiger partial charge in [0.25, 0.3) is 0 Å². The fourth-order valence-electron chi connectivity index (χ4n) is 4.37. The maximum Gasteiger partial charge on any atom is 0.239 e. The number of nitrogens with zero attached hydrogens (tertiary/aromatic N) is 4. The summed E-state index contributed by atoms with van der Waals surface area (Å²) in [4.78, 5) is 24.3. The molecular weight excluding hydrogens is 529 g/mol. The molecule has 2 fully saturated rings. The van der Waals surface area contributed by atoms with Crippen molar-refractivity contribution >= 4 is 35.8 Å². The van der Waals surface area contributed by atoms with E-state index in [1.807, 2.05) is 23.1 Å². The molecule has 1 N–H and O–H groups in total. The number of carbonyl (C=O) groups is 1. The van der Waals surface area contributed by atoms with Gasteiger partial charge in [-0.05, 0) is 45.1 Å². The highest BCUT2D eigenvalue weighted by atomic mass is 127. The summed E-state index contributed by atoms with van der Waals surface area (Å²) in [6.45, 7) is 12.8. The average molecular weight is 572 g/mol. The number of amides is 1. The van der Waals surface area contributed by atoms with Gasteiger partial charge in [0.1, 0.15) is 0 Å². The first-order valence-corrected chi connectivity index (χ1v) is 12.4. The number of guanidine groups is 1. The second-order valence-corrected chi connectivity index (χ2v) is 8.71. The van der Waals surface area contributed by atoms with E-state index in [0.29, 0.717) is 12.5 Å². The third-order valence-electron chi connectivity index (χ3n) is 6.34. The number of halogens is 1. The number of likely N-dealkylation sites (tertiary alicyclic amines) is 1. The molecule has 0 saturated carbocycles. The van der Waals surface area contributed by atoms with Crippen molar-refractivity contribution in [3.8, 4) is 0 Å². The molecule has 0 radical (unpaired) electrons. The molecule has 2 heterocycles. The van der Waals surface area contributed by atoms with Crippen LogP contribution in [0, 0.1) is 0 Å². The molecule has 1 unspecified atom stereocenters. The molecule has 2 aliphatic rings. The van der Waals surface area contributed by atoms with Gasteiger partial charge in [0.05, 0.1) is 12.6 Å². The van der Waals surface area contributed by atoms with Crippen LogP contribution in [0.5, 0.6) is 0 Å². The average Bonchev–Trinajstić information content (AvgIpc) is 3.38. The number of rotatable bonds is 10. The van der Waals surface area contributed by atoms with E-state index in [2.05, 4.69) is 41.1 Å². The van der Waals surface area contributed by atoms with Gasteiger partial charge < -0.3 is 19.9 Å². The predicted molar refractivity (Wildman–Crippen MR) is 145 cm³/mol. The van der Waals surface area contributed by atoms with Crippen molar-refractivity contribution in [3.63, 3.8) is 0 Å². The number of aliphatic imine (C=N–C) groups is 1. The fourth-order valence-corrected chi connectivity index (χ4v) is 4.37. The normalized spacial score (nSPS) is 18.2. The molecule has 0 aromatic heterocycles. The molecule has 3 rings (SSSR count). The Morgan fingerprint density at radius 2 is 1.73 bits per heavy atom. The number of piperazine rings is 1. The standard InChI is InChI=1S/C25H41N5O2.HI/c1-3-26-25(27-13-7-10-20-32-21-23-11-5-4-6-12-23)30-18-16-28(17-19-30)22(2)24(31)29-14-8-9-15-29;/h4-6,11-12,22H,3,7-10,13-21H2,1-2H3,(H,26,27);1H. The van der Waals surface area contributed by atoms with Gasteiger partial charge in [-0.1, -0.05) is 30.3 Å². The third kappa shape index (κ3) is 9.05. The van der Waals surface area contributed by atoms with Crippen molar-refractivity contribution in [2.45, 2.75) is 52.2 Å². The number of carbonyl (C=O) groups excluding carboxylic acids is 1. The lowest BCUT2D eigenvalue weighted by Gasteiger charge is -2.39. The summed E-state index contributed by atoms with van der Waals surface area (Å²) in [5.74, 6) is 1.29. The Labute approximate surface area is 216 Å². The molecule has 1 aromatic rings. The van der Waals surface area contributed by atoms with Crippen LogP contribution in [0.1, 0.15) is 45.1 Å². The third-order valence-corrected chi connectivity index (χ3v) is 6.34. The SMILES string of the molecule is CCNC(=NCCCCOCc1ccccc1)N1CCN(C(C)C(=O)N2CCCC2)CC1.I. The first-order chi connectivity index (χ1) is 15.7. The Balaban J connectivity index is 0.00000385. The van der Waals surface area contributed by atoms with E-state index in [-0.39, 0.29) is 30.0 Å². The summed E-state index contributed by atoms with van der Waals surface area (Å²) in [6, 6.07) is 10.3. The zero-order valence-corrected chi connectivity index (χ0v) is 22.7. The second kappa shape index (κ2) is 15.5. The lowest BCUT2D eigenvalue weighted by molar-refractivity contribution is -0.135. The van der Waals surface area contributed by atoms with E-state index < -0.39 is 0 Å². The molecule has 33 heavy (non-hydrogen) atoms. The highest BCUT2D eigenvalue weighted by Crippen LogP contribution is 2.14. The van der Waals surface area contributed by atoms with Gasteiger partial charge in [-0.2, -0.15) is 0 Å². The van der Waals surface area contributed by atoms with Crippen molar-refractivity contribution in [3.05, 3.63) is 35.9 Å². The monoisotopic (exact) mass is 571 g/mol. The van der Waals surface area contributed by atoms with Crippen LogP contribution in [0.2, 0.25) is 0 Å². The second-order valence-electron chi connectivity index (χ2n) is 8.71. The van der Waals surface area contributed by atoms with Crippen LogP contribution >= 0.6 is 24.0 Å². The summed E-state index contributed by atoms with van der Waals surface area (Å²) in [7, 11) is 0. The van der Waals surface area contributed by atoms with Gasteiger partial charge in [0, 0.05) is 59.0 Å². The number of unbranched alkanes of at least 4 members (excludes halogenated alkanes) is 1. The molecule has 8 heteroatoms. The molecule has 0 aliphatic carbocycles. The van der Waals surface area contributed by atoms with Gasteiger partial charge >= 0.3 is 0 Å². The van der Waals surface area contributed by atoms with Gasteiger partial charge in [-0.25, -0.2) is 0 Å². The van der Waals surface area contributed by atoms with E-state index in [1.54, 1.807) is 0 Å². The van der Waals surface area contributed by atoms with Crippen molar-refractivity contribution < 1.29 is 9.53 Å². The van der Waals surface area contributed by atoms with Crippen LogP contribution < -0.4 is 5.32 Å². The predicted octanol–water partition coefficient (Wildman–Crippen LogP) is 3.20. The van der Waals surface area contributed by atoms with E-state index >= 15 is 0 Å². The number of ether oxygens (including phenoxy) is 1. The highest BCUT2D eigenvalue weighted by molar-refractivity contribution is 14.0. The van der Waals surface area contributed by atoms with Crippen molar-refractivity contribution in [2.75, 3.05) is 59.0 Å². The van der Waals surface area contributed by atoms with Gasteiger partial charge in [-0.3, -0.25) is 14.7 Å². The molecule has 2 aliphatic heterocycles. The van der Waals surface area contributed by atoms with Crippen LogP contribution in [-0.2, 0) is 16.1 Å². The Kier molecular flexibility index (Phi) is 13.1. The Morgan fingerprint density at radius 1 is 1.03 bits per heavy atom. The van der Waals surface area contributed by atoms with Gasteiger partial charge in [0.15, 0.2) is 5.96 Å². The highest BCUT2D eigenvalue weighted by Gasteiger charge is 2.30. The molecule has 186 valence electrons. The smallest absolute Gasteiger partial charge is 0.239 e. The summed E-state index contributed by atoms with van der Waals surface area (Å²) in [6.07, 6.45) is 4.33. The topological polar surface area (TPSA) is 60.4 Å². The van der Waals surface area contributed by atoms with Crippen LogP contribution in [0.4, 0.5) is 0 Å². The minimum atomic E-state index is -0.0225. The van der Waals surface area contributed by atoms with E-state index in [9.17, 15) is 4.79 Å². The van der Waals surface area contributed by atoms with Crippen molar-refractivity contribution in [1.29, 1.82) is 0 Å². The van der Waals surface area contributed by atoms with Crippen LogP contribution in [0.25, 0.3) is 0 Å². The Hall–Kier alpha value is -1.39. The number of hydrogen-bond donors (Lipinski definition) is 1. The molecule has 1 amide bonds. The van der Waals surface area contributed by atoms with E-state index in [4.69, 9.17) is 9.73 Å². The summed E-state index contributed by atoms with van der Waals surface area (Å²) in [5.41, 5.74) is 1.22. The van der Waals surface area contributed by atoms with Crippen molar-refractivity contribution in [2.24, 2.45) is 4.99 Å². The summed E-state index contributed by atoms with van der Waals surface area (Å²) in [5, 5.41) is 3.44. The van der Waals surface area contributed by atoms with Gasteiger partial charge in [-0.15, -0.1) is 24.0 Å². The summed E-state index contributed by atoms with van der Waals surface area (Å²) >= 11 is 0. The largest absolute Gasteiger partial charge is 0.377 e. The maximum atomic E-state index is 12.7. The quantitative estimate of drug-likeness (QED) is 0.202. The number of nitrogens with one attached hydrogen (secondary N) is 1. The van der Waals surface area contributed by atoms with Crippen LogP contribution in [0.15, 0.2) is 35.3 Å². The zero-order valence-electron chi connectivity index (χ0n) is 20.4. The zero-order chi connectivity index (χ0) is 22.6. The minimum Gasteiger partial charge on any atom is -0.377 e. The van der Waals surface area contributed by atoms with E-state index in [0.717, 1.165) is 90.6 Å². The lowest BCUT2D eigenvalue weighted by atomic mass is 10.2. The van der Waals surface area contributed by atoms with Gasteiger partial charge in [0.2, 0.25) is 5.91 Å². The van der Waals surface area contributed by atoms with E-state index in [1.165, 1.54) is 5.56 Å². The molecule has 7 nitrogen and oxygen atoms in total. The lowest BCUT2D eigenvalue weighted by Crippen LogP contribution is -2.57. The minimum absolute atomic E-state index is 0.